The Balaban J connectivity index is 1.37. The maximum absolute atomic E-state index is 8.90. The minimum absolute atomic E-state index is 0.0526. The molecule has 0 bridgehead atoms. The average Bonchev–Trinajstić information content (AvgIpc) is 3.84. The van der Waals surface area contributed by atoms with Gasteiger partial charge in [0.05, 0.1) is 0 Å². The summed E-state index contributed by atoms with van der Waals surface area (Å²) >= 11 is -4.99. The van der Waals surface area contributed by atoms with Crippen LogP contribution in [0, 0.1) is 0 Å². The number of hydrogen-bond donors (Lipinski definition) is 0. The molecule has 283 valence electrons. The summed E-state index contributed by atoms with van der Waals surface area (Å²) in [4.78, 5) is 0. The van der Waals surface area contributed by atoms with E-state index in [1.54, 1.807) is 0 Å². The Hall–Kier alpha value is -3.52. The number of rotatable bonds is 11. The van der Waals surface area contributed by atoms with E-state index in [1.165, 1.54) is 89.0 Å². The molecule has 6 aromatic carbocycles. The summed E-state index contributed by atoms with van der Waals surface area (Å²) in [5.41, 5.74) is 21.3. The molecule has 6 aromatic rings. The number of fused-ring (bicyclic) bond motifs is 2. The van der Waals surface area contributed by atoms with Gasteiger partial charge in [0, 0.05) is 0 Å². The number of hydrogen-bond acceptors (Lipinski definition) is 0. The van der Waals surface area contributed by atoms with E-state index in [0.717, 1.165) is 25.7 Å². The molecule has 0 saturated heterocycles. The Morgan fingerprint density at radius 3 is 1.14 bits per heavy atom. The topological polar surface area (TPSA) is 0 Å². The van der Waals surface area contributed by atoms with Gasteiger partial charge in [0.1, 0.15) is 0 Å². The van der Waals surface area contributed by atoms with E-state index in [4.69, 9.17) is 17.0 Å². The summed E-state index contributed by atoms with van der Waals surface area (Å²) in [5, 5.41) is 0. The fraction of sp³-hybridized carbons (Fsp3) is 0.231. The monoisotopic (exact) mass is 865 g/mol. The second-order valence-corrected chi connectivity index (χ2v) is 58.6. The van der Waals surface area contributed by atoms with Crippen molar-refractivity contribution in [3.63, 3.8) is 0 Å². The van der Waals surface area contributed by atoms with Crippen molar-refractivity contribution in [1.29, 1.82) is 0 Å². The molecule has 2 aliphatic rings. The fourth-order valence-corrected chi connectivity index (χ4v) is 42.0. The Kier molecular flexibility index (Phi) is 11.0. The minimum atomic E-state index is -4.99. The molecule has 2 atom stereocenters. The normalized spacial score (nSPS) is 16.9. The van der Waals surface area contributed by atoms with E-state index in [0.29, 0.717) is 0 Å². The van der Waals surface area contributed by atoms with Gasteiger partial charge >= 0.3 is 347 Å². The molecule has 0 saturated carbocycles. The first-order valence-electron chi connectivity index (χ1n) is 20.7. The molecule has 56 heavy (non-hydrogen) atoms. The third kappa shape index (κ3) is 6.26. The molecule has 0 aliphatic heterocycles. The van der Waals surface area contributed by atoms with Crippen molar-refractivity contribution < 1.29 is 15.6 Å². The van der Waals surface area contributed by atoms with Crippen LogP contribution in [0.15, 0.2) is 145 Å². The van der Waals surface area contributed by atoms with Gasteiger partial charge < -0.3 is 0 Å². The first-order valence-corrected chi connectivity index (χ1v) is 37.1. The van der Waals surface area contributed by atoms with Gasteiger partial charge in [-0.05, 0) is 0 Å². The molecule has 0 heterocycles. The third-order valence-corrected chi connectivity index (χ3v) is 65.0. The summed E-state index contributed by atoms with van der Waals surface area (Å²) in [6, 6.07) is 49.2. The van der Waals surface area contributed by atoms with Crippen LogP contribution < -0.4 is 0 Å². The van der Waals surface area contributed by atoms with Crippen LogP contribution >= 0.6 is 17.0 Å². The first kappa shape index (κ1) is 39.3. The molecular weight excluding hydrogens is 815 g/mol. The molecule has 0 amide bonds. The van der Waals surface area contributed by atoms with Crippen LogP contribution in [0.4, 0.5) is 0 Å². The molecule has 0 radical (unpaired) electrons. The zero-order chi connectivity index (χ0) is 39.2. The molecule has 8 rings (SSSR count). The van der Waals surface area contributed by atoms with Gasteiger partial charge in [-0.1, -0.05) is 0 Å². The summed E-state index contributed by atoms with van der Waals surface area (Å²) < 4.78 is 0.105. The van der Waals surface area contributed by atoms with E-state index >= 15 is 0 Å². The fourth-order valence-electron chi connectivity index (χ4n) is 10.2. The Labute approximate surface area is 344 Å². The molecule has 0 spiro atoms. The Morgan fingerprint density at radius 1 is 0.446 bits per heavy atom. The van der Waals surface area contributed by atoms with Crippen LogP contribution in [0.25, 0.3) is 56.7 Å². The first-order chi connectivity index (χ1) is 27.2. The maximum atomic E-state index is 8.90. The zero-order valence-electron chi connectivity index (χ0n) is 33.7. The van der Waals surface area contributed by atoms with Gasteiger partial charge in [0.2, 0.25) is 0 Å². The van der Waals surface area contributed by atoms with Crippen LogP contribution in [0.3, 0.4) is 0 Å². The van der Waals surface area contributed by atoms with Crippen molar-refractivity contribution in [3.05, 3.63) is 178 Å². The van der Waals surface area contributed by atoms with Crippen molar-refractivity contribution in [2.45, 2.75) is 73.7 Å². The van der Waals surface area contributed by atoms with Gasteiger partial charge in [-0.3, -0.25) is 0 Å². The average molecular weight is 868 g/mol. The van der Waals surface area contributed by atoms with Crippen molar-refractivity contribution in [2.24, 2.45) is 0 Å². The zero-order valence-corrected chi connectivity index (χ0v) is 38.8. The van der Waals surface area contributed by atoms with Crippen molar-refractivity contribution >= 4 is 35.1 Å². The SMILES string of the molecule is CCC1=Cc2c(ccc(CC)c2-c2ccccc2-c2ccccc2)[CH]1[Zr]([Cl])([Cl])([CH]1C(CC)=Cc2c1ccc(CC)c2-c1ccccc1-c1ccccc1)[SiH](C)C. The van der Waals surface area contributed by atoms with Crippen molar-refractivity contribution in [3.8, 4) is 44.5 Å². The van der Waals surface area contributed by atoms with Crippen LogP contribution in [0.5, 0.6) is 0 Å². The predicted octanol–water partition coefficient (Wildman–Crippen LogP) is 15.9. The molecule has 0 nitrogen and oxygen atoms in total. The number of aryl methyl sites for hydroxylation is 2. The molecule has 0 N–H and O–H groups in total. The molecule has 0 aromatic heterocycles. The van der Waals surface area contributed by atoms with Gasteiger partial charge in [-0.15, -0.1) is 0 Å². The van der Waals surface area contributed by atoms with Crippen LogP contribution in [0.2, 0.25) is 13.1 Å². The molecule has 0 fully saturated rings. The van der Waals surface area contributed by atoms with E-state index in [9.17, 15) is 0 Å². The van der Waals surface area contributed by atoms with Crippen LogP contribution in [-0.2, 0) is 28.4 Å². The standard InChI is InChI=1S/2C25H23.C2H7Si.2ClH.Zr/c2*1-3-18-16-21-15-14-19(4-2)25(24(21)17-18)23-13-9-8-12-22(23)20-10-6-5-7-11-20;1-3-2;;;/h2*5-17H,3-4H2,1-2H3;3H,1-2H3;2*1H;/q;;;;;+2/p-2. The second-order valence-electron chi connectivity index (χ2n) is 16.1. The van der Waals surface area contributed by atoms with Crippen LogP contribution in [0.1, 0.15) is 81.2 Å². The summed E-state index contributed by atoms with van der Waals surface area (Å²) in [6.07, 6.45) is 8.82. The van der Waals surface area contributed by atoms with E-state index in [1.807, 2.05) is 0 Å². The third-order valence-electron chi connectivity index (χ3n) is 13.1. The van der Waals surface area contributed by atoms with Gasteiger partial charge in [0.25, 0.3) is 0 Å². The van der Waals surface area contributed by atoms with Crippen molar-refractivity contribution in [1.82, 2.24) is 0 Å². The van der Waals surface area contributed by atoms with E-state index in [2.05, 4.69) is 186 Å². The summed E-state index contributed by atoms with van der Waals surface area (Å²) in [6.45, 7) is 14.2. The van der Waals surface area contributed by atoms with Gasteiger partial charge in [-0.2, -0.15) is 0 Å². The quantitative estimate of drug-likeness (QED) is 0.114. The Morgan fingerprint density at radius 2 is 0.804 bits per heavy atom. The van der Waals surface area contributed by atoms with Crippen LogP contribution in [-0.4, -0.2) is 5.92 Å². The second kappa shape index (κ2) is 15.7. The molecular formula is C52H53Cl2SiZr. The molecule has 4 heteroatoms. The predicted molar refractivity (Wildman–Crippen MR) is 246 cm³/mol. The molecule has 2 aliphatic carbocycles. The number of halogens is 2. The molecule has 2 unspecified atom stereocenters. The summed E-state index contributed by atoms with van der Waals surface area (Å²) in [7, 11) is 17.8. The number of allylic oxidation sites excluding steroid dienone is 2. The summed E-state index contributed by atoms with van der Waals surface area (Å²) in [5.74, 6) is -1.72. The van der Waals surface area contributed by atoms with Gasteiger partial charge in [-0.25, -0.2) is 0 Å². The van der Waals surface area contributed by atoms with Crippen molar-refractivity contribution in [2.75, 3.05) is 0 Å². The van der Waals surface area contributed by atoms with Gasteiger partial charge in [0.15, 0.2) is 0 Å². The number of benzene rings is 6. The van der Waals surface area contributed by atoms with E-state index < -0.39 is 21.5 Å². The Bertz CT molecular complexity index is 2330. The van der Waals surface area contributed by atoms with E-state index in [-0.39, 0.29) is 7.25 Å².